The summed E-state index contributed by atoms with van der Waals surface area (Å²) in [5.74, 6) is -3.60. The molecule has 2 aromatic carbocycles. The molecule has 3 heterocycles. The third kappa shape index (κ3) is 4.55. The van der Waals surface area contributed by atoms with E-state index in [1.165, 1.54) is 12.4 Å². The van der Waals surface area contributed by atoms with Crippen molar-refractivity contribution in [2.45, 2.75) is 50.9 Å². The van der Waals surface area contributed by atoms with Gasteiger partial charge in [0.2, 0.25) is 5.60 Å². The van der Waals surface area contributed by atoms with Crippen LogP contribution < -0.4 is 5.73 Å². The molecule has 1 fully saturated rings. The smallest absolute Gasteiger partial charge is 0.349 e. The maximum absolute atomic E-state index is 16.1. The number of pyridine rings is 1. The maximum atomic E-state index is 16.1. The Hall–Kier alpha value is -4.51. The molecule has 3 aromatic heterocycles. The molecule has 0 amide bonds. The van der Waals surface area contributed by atoms with E-state index in [0.717, 1.165) is 31.2 Å². The molecule has 0 spiro atoms. The molecule has 5 aromatic rings. The number of anilines is 1. The van der Waals surface area contributed by atoms with Crippen LogP contribution in [0.3, 0.4) is 0 Å². The van der Waals surface area contributed by atoms with Gasteiger partial charge in [0.1, 0.15) is 40.8 Å². The van der Waals surface area contributed by atoms with Gasteiger partial charge in [0.15, 0.2) is 0 Å². The molecule has 1 atom stereocenters. The van der Waals surface area contributed by atoms with Crippen molar-refractivity contribution in [3.63, 3.8) is 0 Å². The minimum atomic E-state index is -2.69. The summed E-state index contributed by atoms with van der Waals surface area (Å²) < 4.78 is 51.9. The largest absolute Gasteiger partial charge is 0.457 e. The summed E-state index contributed by atoms with van der Waals surface area (Å²) in [6, 6.07) is 6.96. The standard InChI is InChI=1S/C30H26F3N5O3/c1-29(2,3)41-28(39)30(40,16-9-17(31)11-18(32)10-16)23-8-15-4-7-20(25(33)21(15)12-35-23)22-13-38(19-5-6-19)27-24(22)26(34)36-14-37-27/h4,7-14,19,40H,5-6H2,1-3H3,(H2,34,36,37). The molecule has 0 radical (unpaired) electrons. The number of benzene rings is 2. The van der Waals surface area contributed by atoms with Gasteiger partial charge in [-0.25, -0.2) is 27.9 Å². The number of esters is 1. The lowest BCUT2D eigenvalue weighted by atomic mass is 9.88. The highest BCUT2D eigenvalue weighted by Gasteiger charge is 2.45. The van der Waals surface area contributed by atoms with Crippen LogP contribution in [-0.4, -0.2) is 36.2 Å². The van der Waals surface area contributed by atoms with Crippen molar-refractivity contribution >= 4 is 33.6 Å². The van der Waals surface area contributed by atoms with Crippen LogP contribution >= 0.6 is 0 Å². The van der Waals surface area contributed by atoms with Crippen LogP contribution in [0.1, 0.15) is 50.9 Å². The number of nitrogens with zero attached hydrogens (tertiary/aromatic N) is 4. The number of hydrogen-bond acceptors (Lipinski definition) is 7. The lowest BCUT2D eigenvalue weighted by molar-refractivity contribution is -0.174. The van der Waals surface area contributed by atoms with Gasteiger partial charge < -0.3 is 20.1 Å². The Morgan fingerprint density at radius 2 is 1.73 bits per heavy atom. The van der Waals surface area contributed by atoms with E-state index >= 15 is 4.39 Å². The van der Waals surface area contributed by atoms with Gasteiger partial charge in [-0.1, -0.05) is 12.1 Å². The average Bonchev–Trinajstić information content (AvgIpc) is 3.67. The highest BCUT2D eigenvalue weighted by Crippen LogP contribution is 2.43. The van der Waals surface area contributed by atoms with E-state index in [1.54, 1.807) is 32.9 Å². The molecule has 0 bridgehead atoms. The number of carbonyl (C=O) groups excluding carboxylic acids is 1. The minimum absolute atomic E-state index is 0.0888. The number of nitrogens with two attached hydrogens (primary N) is 1. The summed E-state index contributed by atoms with van der Waals surface area (Å²) >= 11 is 0. The molecule has 1 aliphatic rings. The van der Waals surface area contributed by atoms with E-state index in [-0.39, 0.29) is 33.9 Å². The van der Waals surface area contributed by atoms with Crippen LogP contribution in [0.5, 0.6) is 0 Å². The van der Waals surface area contributed by atoms with Gasteiger partial charge in [0.25, 0.3) is 0 Å². The Bertz CT molecular complexity index is 1840. The van der Waals surface area contributed by atoms with Gasteiger partial charge in [-0.2, -0.15) is 0 Å². The summed E-state index contributed by atoms with van der Waals surface area (Å²) in [4.78, 5) is 26.0. The molecule has 210 valence electrons. The van der Waals surface area contributed by atoms with Crippen molar-refractivity contribution in [2.75, 3.05) is 5.73 Å². The average molecular weight is 562 g/mol. The van der Waals surface area contributed by atoms with Crippen LogP contribution in [0.15, 0.2) is 55.1 Å². The Morgan fingerprint density at radius 1 is 1.02 bits per heavy atom. The van der Waals surface area contributed by atoms with E-state index in [1.807, 2.05) is 10.8 Å². The summed E-state index contributed by atoms with van der Waals surface area (Å²) in [5.41, 5.74) is 3.12. The molecule has 1 unspecified atom stereocenters. The molecule has 6 rings (SSSR count). The molecule has 1 saturated carbocycles. The highest BCUT2D eigenvalue weighted by atomic mass is 19.1. The quantitative estimate of drug-likeness (QED) is 0.270. The number of fused-ring (bicyclic) bond motifs is 2. The van der Waals surface area contributed by atoms with Gasteiger partial charge in [-0.15, -0.1) is 0 Å². The number of rotatable bonds is 5. The Kier molecular flexibility index (Phi) is 6.04. The Balaban J connectivity index is 1.51. The van der Waals surface area contributed by atoms with Gasteiger partial charge in [-0.05, 0) is 57.2 Å². The maximum Gasteiger partial charge on any atom is 0.349 e. The van der Waals surface area contributed by atoms with Crippen LogP contribution in [0.2, 0.25) is 0 Å². The normalized spacial score (nSPS) is 15.3. The molecule has 1 aliphatic carbocycles. The molecule has 0 aliphatic heterocycles. The number of carbonyl (C=O) groups is 1. The highest BCUT2D eigenvalue weighted by molar-refractivity contribution is 6.02. The number of ether oxygens (including phenoxy) is 1. The fourth-order valence-electron chi connectivity index (χ4n) is 5.02. The van der Waals surface area contributed by atoms with Crippen molar-refractivity contribution in [1.82, 2.24) is 19.5 Å². The zero-order valence-corrected chi connectivity index (χ0v) is 22.5. The third-order valence-corrected chi connectivity index (χ3v) is 7.05. The van der Waals surface area contributed by atoms with Crippen molar-refractivity contribution < 1.29 is 27.8 Å². The van der Waals surface area contributed by atoms with Crippen LogP contribution in [0, 0.1) is 17.5 Å². The molecule has 11 heteroatoms. The second kappa shape index (κ2) is 9.27. The van der Waals surface area contributed by atoms with Crippen LogP contribution in [0.4, 0.5) is 19.0 Å². The lowest BCUT2D eigenvalue weighted by Crippen LogP contribution is -2.43. The fraction of sp³-hybridized carbons (Fsp3) is 0.267. The van der Waals surface area contributed by atoms with Gasteiger partial charge in [-0.3, -0.25) is 4.98 Å². The summed E-state index contributed by atoms with van der Waals surface area (Å²) in [6.45, 7) is 4.75. The van der Waals surface area contributed by atoms with E-state index < -0.39 is 40.2 Å². The monoisotopic (exact) mass is 561 g/mol. The summed E-state index contributed by atoms with van der Waals surface area (Å²) in [7, 11) is 0. The van der Waals surface area contributed by atoms with Crippen molar-refractivity contribution in [3.8, 4) is 11.1 Å². The van der Waals surface area contributed by atoms with E-state index in [0.29, 0.717) is 22.7 Å². The van der Waals surface area contributed by atoms with Crippen molar-refractivity contribution in [2.24, 2.45) is 0 Å². The van der Waals surface area contributed by atoms with Crippen molar-refractivity contribution in [3.05, 3.63) is 83.8 Å². The first-order chi connectivity index (χ1) is 19.4. The number of aliphatic hydroxyl groups is 1. The van der Waals surface area contributed by atoms with E-state index in [2.05, 4.69) is 15.0 Å². The SMILES string of the molecule is CC(C)(C)OC(=O)C(O)(c1cc(F)cc(F)c1)c1cc2ccc(-c3cn(C4CC4)c4ncnc(N)c34)c(F)c2cn1. The van der Waals surface area contributed by atoms with Gasteiger partial charge in [0.05, 0.1) is 11.1 Å². The number of halogens is 3. The molecule has 0 saturated heterocycles. The molecule has 8 nitrogen and oxygen atoms in total. The lowest BCUT2D eigenvalue weighted by Gasteiger charge is -2.30. The zero-order chi connectivity index (χ0) is 29.3. The number of aromatic nitrogens is 4. The predicted octanol–water partition coefficient (Wildman–Crippen LogP) is 5.56. The topological polar surface area (TPSA) is 116 Å². The van der Waals surface area contributed by atoms with E-state index in [4.69, 9.17) is 10.5 Å². The zero-order valence-electron chi connectivity index (χ0n) is 22.5. The first-order valence-electron chi connectivity index (χ1n) is 13.0. The predicted molar refractivity (Wildman–Crippen MR) is 146 cm³/mol. The molecule has 3 N–H and O–H groups in total. The first kappa shape index (κ1) is 26.7. The molecular formula is C30H26F3N5O3. The minimum Gasteiger partial charge on any atom is -0.457 e. The second-order valence-electron chi connectivity index (χ2n) is 11.2. The second-order valence-corrected chi connectivity index (χ2v) is 11.2. The number of hydrogen-bond donors (Lipinski definition) is 2. The summed E-state index contributed by atoms with van der Waals surface area (Å²) in [5, 5.41) is 12.6. The molecular weight excluding hydrogens is 535 g/mol. The van der Waals surface area contributed by atoms with Gasteiger partial charge in [0, 0.05) is 46.6 Å². The van der Waals surface area contributed by atoms with Crippen LogP contribution in [0.25, 0.3) is 32.9 Å². The van der Waals surface area contributed by atoms with Gasteiger partial charge >= 0.3 is 5.97 Å². The summed E-state index contributed by atoms with van der Waals surface area (Å²) in [6.07, 6.45) is 6.32. The Labute approximate surface area is 232 Å². The van der Waals surface area contributed by atoms with Crippen molar-refractivity contribution in [1.29, 1.82) is 0 Å². The first-order valence-corrected chi connectivity index (χ1v) is 13.0. The van der Waals surface area contributed by atoms with Crippen LogP contribution in [-0.2, 0) is 15.1 Å². The Morgan fingerprint density at radius 3 is 2.39 bits per heavy atom. The number of nitrogen functional groups attached to an aromatic ring is 1. The third-order valence-electron chi connectivity index (χ3n) is 7.05. The fourth-order valence-corrected chi connectivity index (χ4v) is 5.02. The van der Waals surface area contributed by atoms with E-state index in [9.17, 15) is 18.7 Å². The molecule has 41 heavy (non-hydrogen) atoms.